The molecule has 0 atom stereocenters. The van der Waals surface area contributed by atoms with Crippen LogP contribution in [0.15, 0.2) is 24.3 Å². The fourth-order valence-electron chi connectivity index (χ4n) is 1.90. The molecule has 0 aliphatic carbocycles. The zero-order valence-electron chi connectivity index (χ0n) is 11.5. The fourth-order valence-corrected chi connectivity index (χ4v) is 5.37. The van der Waals surface area contributed by atoms with Crippen LogP contribution in [0.2, 0.25) is 0 Å². The van der Waals surface area contributed by atoms with Crippen molar-refractivity contribution in [2.45, 2.75) is 10.8 Å². The van der Waals surface area contributed by atoms with Gasteiger partial charge in [-0.15, -0.1) is 33.7 Å². The molecule has 3 rings (SSSR count). The predicted octanol–water partition coefficient (Wildman–Crippen LogP) is 4.29. The number of carbonyl (C=O) groups is 1. The fraction of sp³-hybridized carbons (Fsp3) is 0.308. The van der Waals surface area contributed by atoms with Crippen LogP contribution in [0.5, 0.6) is 0 Å². The van der Waals surface area contributed by atoms with Crippen LogP contribution in [0.1, 0.15) is 25.5 Å². The zero-order chi connectivity index (χ0) is 16.4. The SMILES string of the molecule is O=C(Nc1nnc(C(F)(F)F)s1)c1ccc(C2SCCS2)cc1. The Hall–Kier alpha value is -1.26. The first kappa shape index (κ1) is 16.6. The maximum atomic E-state index is 12.4. The number of anilines is 1. The molecule has 10 heteroatoms. The second kappa shape index (κ2) is 6.70. The van der Waals surface area contributed by atoms with Crippen LogP contribution >= 0.6 is 34.9 Å². The molecule has 0 unspecified atom stereocenters. The molecule has 23 heavy (non-hydrogen) atoms. The minimum absolute atomic E-state index is 0.173. The lowest BCUT2D eigenvalue weighted by Gasteiger charge is -2.08. The summed E-state index contributed by atoms with van der Waals surface area (Å²) in [6.07, 6.45) is -4.56. The maximum absolute atomic E-state index is 12.4. The number of alkyl halides is 3. The highest BCUT2D eigenvalue weighted by Gasteiger charge is 2.35. The molecule has 0 spiro atoms. The van der Waals surface area contributed by atoms with E-state index in [2.05, 4.69) is 15.5 Å². The molecule has 122 valence electrons. The molecular weight excluding hydrogens is 367 g/mol. The Kier molecular flexibility index (Phi) is 4.83. The summed E-state index contributed by atoms with van der Waals surface area (Å²) in [7, 11) is 0. The minimum atomic E-state index is -4.56. The topological polar surface area (TPSA) is 54.9 Å². The highest BCUT2D eigenvalue weighted by Crippen LogP contribution is 2.45. The van der Waals surface area contributed by atoms with Crippen LogP contribution in [0, 0.1) is 0 Å². The summed E-state index contributed by atoms with van der Waals surface area (Å²) in [5.41, 5.74) is 1.50. The number of halogens is 3. The molecule has 1 aromatic carbocycles. The Morgan fingerprint density at radius 2 is 1.78 bits per heavy atom. The lowest BCUT2D eigenvalue weighted by atomic mass is 10.1. The first-order valence-corrected chi connectivity index (χ1v) is 9.40. The van der Waals surface area contributed by atoms with Gasteiger partial charge in [-0.2, -0.15) is 13.2 Å². The number of hydrogen-bond donors (Lipinski definition) is 1. The molecule has 2 aromatic rings. The van der Waals surface area contributed by atoms with E-state index in [1.807, 2.05) is 35.7 Å². The molecule has 0 radical (unpaired) electrons. The predicted molar refractivity (Wildman–Crippen MR) is 87.0 cm³/mol. The summed E-state index contributed by atoms with van der Waals surface area (Å²) in [4.78, 5) is 12.0. The number of hydrogen-bond acceptors (Lipinski definition) is 6. The summed E-state index contributed by atoms with van der Waals surface area (Å²) in [5.74, 6) is 1.71. The second-order valence-corrected chi connectivity index (χ2v) is 8.26. The molecule has 2 heterocycles. The highest BCUT2D eigenvalue weighted by atomic mass is 32.2. The average molecular weight is 377 g/mol. The van der Waals surface area contributed by atoms with Gasteiger partial charge >= 0.3 is 6.18 Å². The third kappa shape index (κ3) is 3.99. The molecule has 1 fully saturated rings. The first-order valence-electron chi connectivity index (χ1n) is 6.49. The number of carbonyl (C=O) groups excluding carboxylic acids is 1. The molecule has 0 saturated carbocycles. The Balaban J connectivity index is 1.67. The van der Waals surface area contributed by atoms with E-state index in [4.69, 9.17) is 0 Å². The first-order chi connectivity index (χ1) is 10.9. The monoisotopic (exact) mass is 377 g/mol. The number of aromatic nitrogens is 2. The second-order valence-electron chi connectivity index (χ2n) is 4.56. The standard InChI is InChI=1S/C13H10F3N3OS3/c14-13(15,16)11-18-19-12(23-11)17-9(20)7-1-3-8(4-2-7)10-21-5-6-22-10/h1-4,10H,5-6H2,(H,17,19,20). The molecule has 1 aliphatic heterocycles. The van der Waals surface area contributed by atoms with E-state index in [0.717, 1.165) is 17.1 Å². The van der Waals surface area contributed by atoms with Gasteiger partial charge in [-0.25, -0.2) is 0 Å². The van der Waals surface area contributed by atoms with Crippen molar-refractivity contribution in [2.24, 2.45) is 0 Å². The van der Waals surface area contributed by atoms with Crippen molar-refractivity contribution in [3.63, 3.8) is 0 Å². The van der Waals surface area contributed by atoms with Crippen molar-refractivity contribution in [3.8, 4) is 0 Å². The van der Waals surface area contributed by atoms with E-state index >= 15 is 0 Å². The van der Waals surface area contributed by atoms with E-state index in [9.17, 15) is 18.0 Å². The summed E-state index contributed by atoms with van der Waals surface area (Å²) < 4.78 is 37.7. The van der Waals surface area contributed by atoms with E-state index in [-0.39, 0.29) is 5.13 Å². The quantitative estimate of drug-likeness (QED) is 0.865. The van der Waals surface area contributed by atoms with Gasteiger partial charge in [0.1, 0.15) is 0 Å². The smallest absolute Gasteiger partial charge is 0.296 e. The van der Waals surface area contributed by atoms with Crippen molar-refractivity contribution in [1.82, 2.24) is 10.2 Å². The molecule has 4 nitrogen and oxygen atoms in total. The minimum Gasteiger partial charge on any atom is -0.296 e. The van der Waals surface area contributed by atoms with Crippen molar-refractivity contribution in [1.29, 1.82) is 0 Å². The normalized spacial score (nSPS) is 15.8. The number of nitrogens with zero attached hydrogens (tertiary/aromatic N) is 2. The molecule has 1 saturated heterocycles. The lowest BCUT2D eigenvalue weighted by Crippen LogP contribution is -2.11. The van der Waals surface area contributed by atoms with E-state index in [1.165, 1.54) is 0 Å². The summed E-state index contributed by atoms with van der Waals surface area (Å²) in [6, 6.07) is 7.06. The van der Waals surface area contributed by atoms with Crippen molar-refractivity contribution < 1.29 is 18.0 Å². The van der Waals surface area contributed by atoms with Crippen LogP contribution < -0.4 is 5.32 Å². The number of benzene rings is 1. The molecule has 1 amide bonds. The largest absolute Gasteiger partial charge is 0.445 e. The highest BCUT2D eigenvalue weighted by molar-refractivity contribution is 8.19. The molecular formula is C13H10F3N3OS3. The summed E-state index contributed by atoms with van der Waals surface area (Å²) in [5, 5.41) is 7.44. The van der Waals surface area contributed by atoms with E-state index in [1.54, 1.807) is 12.1 Å². The molecule has 1 aromatic heterocycles. The zero-order valence-corrected chi connectivity index (χ0v) is 13.9. The van der Waals surface area contributed by atoms with Crippen LogP contribution in [-0.4, -0.2) is 27.6 Å². The van der Waals surface area contributed by atoms with Gasteiger partial charge in [-0.1, -0.05) is 23.5 Å². The Morgan fingerprint density at radius 1 is 1.13 bits per heavy atom. The van der Waals surface area contributed by atoms with Gasteiger partial charge in [-0.05, 0) is 17.7 Å². The maximum Gasteiger partial charge on any atom is 0.445 e. The number of rotatable bonds is 3. The van der Waals surface area contributed by atoms with Crippen molar-refractivity contribution >= 4 is 45.9 Å². The van der Waals surface area contributed by atoms with Crippen LogP contribution in [0.25, 0.3) is 0 Å². The number of amides is 1. The van der Waals surface area contributed by atoms with Gasteiger partial charge < -0.3 is 0 Å². The van der Waals surface area contributed by atoms with E-state index < -0.39 is 17.1 Å². The van der Waals surface area contributed by atoms with Crippen LogP contribution in [0.4, 0.5) is 18.3 Å². The van der Waals surface area contributed by atoms with Gasteiger partial charge in [-0.3, -0.25) is 10.1 Å². The summed E-state index contributed by atoms with van der Waals surface area (Å²) in [6.45, 7) is 0. The Morgan fingerprint density at radius 3 is 2.35 bits per heavy atom. The van der Waals surface area contributed by atoms with Gasteiger partial charge in [0.05, 0.1) is 4.58 Å². The third-order valence-electron chi connectivity index (χ3n) is 2.95. The molecule has 0 bridgehead atoms. The average Bonchev–Trinajstić information content (AvgIpc) is 3.18. The molecule has 1 N–H and O–H groups in total. The van der Waals surface area contributed by atoms with Crippen molar-refractivity contribution in [3.05, 3.63) is 40.4 Å². The Labute approximate surface area is 142 Å². The third-order valence-corrected chi connectivity index (χ3v) is 6.94. The van der Waals surface area contributed by atoms with Gasteiger partial charge in [0, 0.05) is 17.1 Å². The van der Waals surface area contributed by atoms with E-state index in [0.29, 0.717) is 21.5 Å². The van der Waals surface area contributed by atoms with Gasteiger partial charge in [0.2, 0.25) is 10.1 Å². The number of nitrogens with one attached hydrogen (secondary N) is 1. The van der Waals surface area contributed by atoms with Crippen LogP contribution in [0.3, 0.4) is 0 Å². The van der Waals surface area contributed by atoms with Gasteiger partial charge in [0.15, 0.2) is 0 Å². The van der Waals surface area contributed by atoms with Gasteiger partial charge in [0.25, 0.3) is 5.91 Å². The summed E-state index contributed by atoms with van der Waals surface area (Å²) >= 11 is 4.01. The number of thioether (sulfide) groups is 2. The molecule has 1 aliphatic rings. The lowest BCUT2D eigenvalue weighted by molar-refractivity contribution is -0.138. The Bertz CT molecular complexity index is 696. The van der Waals surface area contributed by atoms with Crippen LogP contribution in [-0.2, 0) is 6.18 Å². The van der Waals surface area contributed by atoms with Crippen molar-refractivity contribution in [2.75, 3.05) is 16.8 Å².